The van der Waals surface area contributed by atoms with Crippen molar-refractivity contribution in [3.05, 3.63) is 48.1 Å². The zero-order valence-corrected chi connectivity index (χ0v) is 17.7. The molecule has 0 bridgehead atoms. The van der Waals surface area contributed by atoms with E-state index in [1.165, 1.54) is 19.5 Å². The first-order valence-corrected chi connectivity index (χ1v) is 10.9. The van der Waals surface area contributed by atoms with Gasteiger partial charge < -0.3 is 19.2 Å². The van der Waals surface area contributed by atoms with E-state index in [2.05, 4.69) is 29.8 Å². The number of halogens is 3. The molecule has 174 valence electrons. The monoisotopic (exact) mass is 483 g/mol. The first kappa shape index (κ1) is 22.7. The van der Waals surface area contributed by atoms with E-state index in [0.29, 0.717) is 18.0 Å². The second kappa shape index (κ2) is 8.44. The highest BCUT2D eigenvalue weighted by atomic mass is 32.2. The molecule has 3 aromatic rings. The molecule has 0 amide bonds. The van der Waals surface area contributed by atoms with Crippen molar-refractivity contribution in [2.45, 2.75) is 24.9 Å². The minimum atomic E-state index is -6.03. The smallest absolute Gasteiger partial charge is 0.444 e. The number of Topliss-reactive ketones (excluding diaryl/α,β-unsaturated/α-hetero) is 1. The van der Waals surface area contributed by atoms with Crippen LogP contribution in [0.2, 0.25) is 0 Å². The van der Waals surface area contributed by atoms with E-state index < -0.39 is 33.3 Å². The van der Waals surface area contributed by atoms with Crippen LogP contribution in [-0.2, 0) is 21.3 Å². The van der Waals surface area contributed by atoms with Gasteiger partial charge in [0, 0.05) is 24.2 Å². The topological polar surface area (TPSA) is 136 Å². The fourth-order valence-corrected chi connectivity index (χ4v) is 3.66. The van der Waals surface area contributed by atoms with Gasteiger partial charge in [-0.2, -0.15) is 26.6 Å². The standard InChI is InChI=1S/C19H16F3N5O5S/c1-10(28)16-15-13(6-7-24-16)26-18(27-17(15)32-33(29,30)19(20,21)22)25-12-4-2-11(3-5-12)14-8-23-9-31-14/h2-5,8-9,16,24H,6-7H2,1H3,(H,25,26,27). The van der Waals surface area contributed by atoms with Gasteiger partial charge >= 0.3 is 15.6 Å². The number of alkyl halides is 3. The number of carbonyl (C=O) groups is 1. The number of carbonyl (C=O) groups excluding carboxylic acids is 1. The van der Waals surface area contributed by atoms with E-state index in [1.54, 1.807) is 24.3 Å². The van der Waals surface area contributed by atoms with Gasteiger partial charge in [0.1, 0.15) is 0 Å². The summed E-state index contributed by atoms with van der Waals surface area (Å²) in [5.41, 5.74) is -4.45. The summed E-state index contributed by atoms with van der Waals surface area (Å²) >= 11 is 0. The van der Waals surface area contributed by atoms with Crippen LogP contribution in [0.3, 0.4) is 0 Å². The molecule has 0 spiro atoms. The summed E-state index contributed by atoms with van der Waals surface area (Å²) in [5, 5.41) is 5.61. The van der Waals surface area contributed by atoms with E-state index >= 15 is 0 Å². The highest BCUT2D eigenvalue weighted by Gasteiger charge is 2.49. The lowest BCUT2D eigenvalue weighted by atomic mass is 9.97. The molecule has 0 saturated heterocycles. The fraction of sp³-hybridized carbons (Fsp3) is 0.263. The maximum absolute atomic E-state index is 12.9. The van der Waals surface area contributed by atoms with Crippen molar-refractivity contribution in [3.63, 3.8) is 0 Å². The lowest BCUT2D eigenvalue weighted by Gasteiger charge is -2.26. The van der Waals surface area contributed by atoms with Crippen LogP contribution >= 0.6 is 0 Å². The maximum atomic E-state index is 12.9. The van der Waals surface area contributed by atoms with Gasteiger partial charge in [0.05, 0.1) is 23.5 Å². The zero-order chi connectivity index (χ0) is 23.8. The molecule has 4 rings (SSSR count). The molecule has 1 unspecified atom stereocenters. The van der Waals surface area contributed by atoms with Gasteiger partial charge in [-0.3, -0.25) is 4.79 Å². The minimum Gasteiger partial charge on any atom is -0.444 e. The normalized spacial score (nSPS) is 16.2. The zero-order valence-electron chi connectivity index (χ0n) is 16.9. The summed E-state index contributed by atoms with van der Waals surface area (Å²) in [4.78, 5) is 23.9. The SMILES string of the molecule is CC(=O)C1NCCc2nc(Nc3ccc(-c4cnco4)cc3)nc(OS(=O)(=O)C(F)(F)F)c21. The molecule has 1 aliphatic rings. The summed E-state index contributed by atoms with van der Waals surface area (Å²) in [6.07, 6.45) is 3.02. The number of hydrogen-bond donors (Lipinski definition) is 2. The Balaban J connectivity index is 1.71. The van der Waals surface area contributed by atoms with Crippen LogP contribution < -0.4 is 14.8 Å². The Bertz CT molecular complexity index is 1280. The minimum absolute atomic E-state index is 0.146. The predicted octanol–water partition coefficient (Wildman–Crippen LogP) is 2.88. The summed E-state index contributed by atoms with van der Waals surface area (Å²) < 4.78 is 71.7. The number of hydrogen-bond acceptors (Lipinski definition) is 10. The van der Waals surface area contributed by atoms with Gasteiger partial charge in [0.2, 0.25) is 11.8 Å². The van der Waals surface area contributed by atoms with Gasteiger partial charge in [0.15, 0.2) is 17.9 Å². The highest BCUT2D eigenvalue weighted by molar-refractivity contribution is 7.87. The molecular formula is C19H16F3N5O5S. The third kappa shape index (κ3) is 4.66. The van der Waals surface area contributed by atoms with Crippen LogP contribution in [0.4, 0.5) is 24.8 Å². The molecule has 0 saturated carbocycles. The van der Waals surface area contributed by atoms with E-state index in [0.717, 1.165) is 5.56 Å². The Morgan fingerprint density at radius 2 is 1.97 bits per heavy atom. The van der Waals surface area contributed by atoms with Crippen LogP contribution in [0.25, 0.3) is 11.3 Å². The molecule has 0 fully saturated rings. The van der Waals surface area contributed by atoms with Crippen LogP contribution in [0.1, 0.15) is 24.2 Å². The van der Waals surface area contributed by atoms with Crippen molar-refractivity contribution in [2.24, 2.45) is 0 Å². The number of anilines is 2. The van der Waals surface area contributed by atoms with E-state index in [1.807, 2.05) is 0 Å². The van der Waals surface area contributed by atoms with Gasteiger partial charge in [-0.1, -0.05) is 0 Å². The Morgan fingerprint density at radius 3 is 2.58 bits per heavy atom. The molecule has 0 radical (unpaired) electrons. The number of aromatic nitrogens is 3. The Morgan fingerprint density at radius 1 is 1.24 bits per heavy atom. The Labute approximate surface area is 185 Å². The van der Waals surface area contributed by atoms with Gasteiger partial charge in [-0.25, -0.2) is 9.97 Å². The number of fused-ring (bicyclic) bond motifs is 1. The molecule has 1 atom stereocenters. The number of benzene rings is 1. The first-order chi connectivity index (χ1) is 15.5. The molecule has 33 heavy (non-hydrogen) atoms. The van der Waals surface area contributed by atoms with Gasteiger partial charge in [-0.15, -0.1) is 0 Å². The second-order valence-electron chi connectivity index (χ2n) is 7.01. The van der Waals surface area contributed by atoms with Crippen molar-refractivity contribution < 1.29 is 35.0 Å². The van der Waals surface area contributed by atoms with Crippen LogP contribution in [-0.4, -0.2) is 41.2 Å². The summed E-state index contributed by atoms with van der Waals surface area (Å²) in [6, 6.07) is 5.55. The van der Waals surface area contributed by atoms with Crippen LogP contribution in [0, 0.1) is 0 Å². The molecule has 2 N–H and O–H groups in total. The van der Waals surface area contributed by atoms with E-state index in [-0.39, 0.29) is 23.6 Å². The predicted molar refractivity (Wildman–Crippen MR) is 108 cm³/mol. The van der Waals surface area contributed by atoms with E-state index in [9.17, 15) is 26.4 Å². The molecule has 14 heteroatoms. The molecule has 3 heterocycles. The van der Waals surface area contributed by atoms with Crippen molar-refractivity contribution in [2.75, 3.05) is 11.9 Å². The number of nitrogens with zero attached hydrogens (tertiary/aromatic N) is 3. The highest BCUT2D eigenvalue weighted by Crippen LogP contribution is 2.35. The fourth-order valence-electron chi connectivity index (χ4n) is 3.23. The third-order valence-corrected chi connectivity index (χ3v) is 5.67. The second-order valence-corrected chi connectivity index (χ2v) is 8.55. The largest absolute Gasteiger partial charge is 0.534 e. The number of ketones is 1. The van der Waals surface area contributed by atoms with Crippen molar-refractivity contribution in [1.29, 1.82) is 0 Å². The quantitative estimate of drug-likeness (QED) is 0.398. The third-order valence-electron chi connectivity index (χ3n) is 4.73. The van der Waals surface area contributed by atoms with Crippen molar-refractivity contribution >= 4 is 27.5 Å². The molecule has 0 aliphatic carbocycles. The number of nitrogens with one attached hydrogen (secondary N) is 2. The lowest BCUT2D eigenvalue weighted by Crippen LogP contribution is -2.36. The average Bonchev–Trinajstić information content (AvgIpc) is 3.27. The summed E-state index contributed by atoms with van der Waals surface area (Å²) in [6.45, 7) is 1.50. The summed E-state index contributed by atoms with van der Waals surface area (Å²) in [7, 11) is -6.03. The molecule has 10 nitrogen and oxygen atoms in total. The van der Waals surface area contributed by atoms with Gasteiger partial charge in [-0.05, 0) is 31.2 Å². The van der Waals surface area contributed by atoms with Crippen molar-refractivity contribution in [1.82, 2.24) is 20.3 Å². The summed E-state index contributed by atoms with van der Waals surface area (Å²) in [5.74, 6) is -0.997. The Kier molecular flexibility index (Phi) is 5.80. The Hall–Kier alpha value is -3.52. The maximum Gasteiger partial charge on any atom is 0.534 e. The molecular weight excluding hydrogens is 467 g/mol. The van der Waals surface area contributed by atoms with Crippen LogP contribution in [0.15, 0.2) is 41.3 Å². The lowest BCUT2D eigenvalue weighted by molar-refractivity contribution is -0.119. The van der Waals surface area contributed by atoms with Crippen LogP contribution in [0.5, 0.6) is 5.88 Å². The number of oxazole rings is 1. The number of rotatable bonds is 6. The molecule has 1 aliphatic heterocycles. The van der Waals surface area contributed by atoms with E-state index in [4.69, 9.17) is 4.42 Å². The van der Waals surface area contributed by atoms with Gasteiger partial charge in [0.25, 0.3) is 0 Å². The van der Waals surface area contributed by atoms with Crippen molar-refractivity contribution in [3.8, 4) is 17.2 Å². The first-order valence-electron chi connectivity index (χ1n) is 9.46. The average molecular weight is 483 g/mol. The molecule has 2 aromatic heterocycles. The molecule has 1 aromatic carbocycles.